The maximum atomic E-state index is 12.9. The van der Waals surface area contributed by atoms with Crippen LogP contribution in [0.3, 0.4) is 0 Å². The van der Waals surface area contributed by atoms with Crippen molar-refractivity contribution in [2.75, 3.05) is 31.1 Å². The highest BCUT2D eigenvalue weighted by Crippen LogP contribution is 2.27. The van der Waals surface area contributed by atoms with E-state index in [1.54, 1.807) is 0 Å². The number of fused-ring (bicyclic) bond motifs is 2. The molecule has 0 aliphatic carbocycles. The van der Waals surface area contributed by atoms with Gasteiger partial charge in [0.25, 0.3) is 0 Å². The molecule has 0 radical (unpaired) electrons. The molecule has 5 aromatic rings. The lowest BCUT2D eigenvalue weighted by molar-refractivity contribution is -0.0592. The smallest absolute Gasteiger partial charge is 0.338 e. The quantitative estimate of drug-likeness (QED) is 0.198. The summed E-state index contributed by atoms with van der Waals surface area (Å²) >= 11 is 0. The molecule has 11 heteroatoms. The second-order valence-electron chi connectivity index (χ2n) is 13.7. The SMILES string of the molecule is CC1CN(c2cccc(OCc3ccc4cnn(C)c4c3)n2)CCN1Cc1nc2ccc(C(=O)OC(C)(C)C)cc2n1CC1CCO1. The number of aryl methyl sites for hydroxylation is 1. The third kappa shape index (κ3) is 6.82. The van der Waals surface area contributed by atoms with Crippen molar-refractivity contribution in [3.8, 4) is 5.88 Å². The standard InChI is InChI=1S/C36H43N7O4/c1-24-20-42(32-7-6-8-34(39-32)46-23-25-9-10-27-19-37-40(5)30(27)17-25)15-14-41(24)22-33-38-29-12-11-26(35(44)47-36(2,3)4)18-31(29)43(33)21-28-13-16-45-28/h6-12,17-19,24,28H,13-16,20-23H2,1-5H3. The number of rotatable bonds is 9. The van der Waals surface area contributed by atoms with Gasteiger partial charge in [0.05, 0.1) is 47.5 Å². The molecule has 0 saturated carbocycles. The lowest BCUT2D eigenvalue weighted by Crippen LogP contribution is -2.52. The average Bonchev–Trinajstić information content (AvgIpc) is 3.56. The van der Waals surface area contributed by atoms with Gasteiger partial charge in [-0.25, -0.2) is 9.78 Å². The number of aromatic nitrogens is 5. The summed E-state index contributed by atoms with van der Waals surface area (Å²) in [4.78, 5) is 27.6. The molecule has 0 amide bonds. The number of pyridine rings is 1. The minimum absolute atomic E-state index is 0.157. The monoisotopic (exact) mass is 637 g/mol. The highest BCUT2D eigenvalue weighted by Gasteiger charge is 2.28. The van der Waals surface area contributed by atoms with Gasteiger partial charge in [0, 0.05) is 50.8 Å². The predicted octanol–water partition coefficient (Wildman–Crippen LogP) is 5.35. The number of hydrogen-bond acceptors (Lipinski definition) is 9. The lowest BCUT2D eigenvalue weighted by atomic mass is 10.1. The Bertz CT molecular complexity index is 1900. The first-order valence-corrected chi connectivity index (χ1v) is 16.4. The lowest BCUT2D eigenvalue weighted by Gasteiger charge is -2.40. The normalized spacial score (nSPS) is 18.9. The number of nitrogens with zero attached hydrogens (tertiary/aromatic N) is 7. The van der Waals surface area contributed by atoms with Gasteiger partial charge >= 0.3 is 5.97 Å². The number of imidazole rings is 1. The Morgan fingerprint density at radius 2 is 1.89 bits per heavy atom. The van der Waals surface area contributed by atoms with Gasteiger partial charge in [0.1, 0.15) is 23.9 Å². The topological polar surface area (TPSA) is 99.8 Å². The van der Waals surface area contributed by atoms with Gasteiger partial charge in [-0.05, 0) is 70.0 Å². The molecule has 0 N–H and O–H groups in total. The van der Waals surface area contributed by atoms with Crippen molar-refractivity contribution in [2.45, 2.75) is 71.6 Å². The largest absolute Gasteiger partial charge is 0.473 e. The first kappa shape index (κ1) is 31.1. The number of hydrogen-bond donors (Lipinski definition) is 0. The minimum atomic E-state index is -0.560. The van der Waals surface area contributed by atoms with Gasteiger partial charge in [-0.15, -0.1) is 0 Å². The molecule has 5 heterocycles. The molecular formula is C36H43N7O4. The van der Waals surface area contributed by atoms with Gasteiger partial charge in [0.15, 0.2) is 0 Å². The number of anilines is 1. The molecule has 0 bridgehead atoms. The maximum Gasteiger partial charge on any atom is 0.338 e. The molecule has 2 aliphatic heterocycles. The van der Waals surface area contributed by atoms with Crippen LogP contribution in [0.4, 0.5) is 5.82 Å². The van der Waals surface area contributed by atoms with Gasteiger partial charge < -0.3 is 23.7 Å². The molecule has 3 aromatic heterocycles. The van der Waals surface area contributed by atoms with Crippen LogP contribution in [0.15, 0.2) is 60.8 Å². The van der Waals surface area contributed by atoms with Crippen LogP contribution in [0, 0.1) is 0 Å². The Morgan fingerprint density at radius 1 is 1.04 bits per heavy atom. The van der Waals surface area contributed by atoms with Crippen molar-refractivity contribution in [3.05, 3.63) is 77.7 Å². The van der Waals surface area contributed by atoms with E-state index < -0.39 is 5.60 Å². The summed E-state index contributed by atoms with van der Waals surface area (Å²) in [5.74, 6) is 2.18. The number of benzene rings is 2. The number of ether oxygens (including phenoxy) is 3. The summed E-state index contributed by atoms with van der Waals surface area (Å²) in [5.41, 5.74) is 3.94. The Hall–Kier alpha value is -4.48. The summed E-state index contributed by atoms with van der Waals surface area (Å²) in [6.45, 7) is 13.1. The van der Waals surface area contributed by atoms with Crippen LogP contribution in [-0.4, -0.2) is 79.2 Å². The van der Waals surface area contributed by atoms with E-state index >= 15 is 0 Å². The van der Waals surface area contributed by atoms with Crippen LogP contribution in [0.1, 0.15) is 55.9 Å². The molecular weight excluding hydrogens is 594 g/mol. The summed E-state index contributed by atoms with van der Waals surface area (Å²) in [7, 11) is 1.95. The van der Waals surface area contributed by atoms with Crippen LogP contribution in [0.25, 0.3) is 21.9 Å². The third-order valence-electron chi connectivity index (χ3n) is 8.98. The second kappa shape index (κ2) is 12.6. The van der Waals surface area contributed by atoms with Crippen molar-refractivity contribution < 1.29 is 19.0 Å². The van der Waals surface area contributed by atoms with E-state index in [0.29, 0.717) is 31.1 Å². The van der Waals surface area contributed by atoms with Gasteiger partial charge in [0.2, 0.25) is 5.88 Å². The molecule has 2 fully saturated rings. The van der Waals surface area contributed by atoms with Gasteiger partial charge in [-0.1, -0.05) is 18.2 Å². The Kier molecular flexibility index (Phi) is 8.36. The Morgan fingerprint density at radius 3 is 2.66 bits per heavy atom. The molecule has 47 heavy (non-hydrogen) atoms. The van der Waals surface area contributed by atoms with Crippen LogP contribution in [0.2, 0.25) is 0 Å². The first-order valence-electron chi connectivity index (χ1n) is 16.4. The molecule has 2 saturated heterocycles. The first-order chi connectivity index (χ1) is 22.6. The van der Waals surface area contributed by atoms with E-state index in [2.05, 4.69) is 50.7 Å². The fraction of sp³-hybridized carbons (Fsp3) is 0.444. The molecule has 7 rings (SSSR count). The fourth-order valence-corrected chi connectivity index (χ4v) is 6.31. The second-order valence-corrected chi connectivity index (χ2v) is 13.7. The van der Waals surface area contributed by atoms with Crippen molar-refractivity contribution in [2.24, 2.45) is 7.05 Å². The highest BCUT2D eigenvalue weighted by atomic mass is 16.6. The molecule has 11 nitrogen and oxygen atoms in total. The molecule has 2 aliphatic rings. The van der Waals surface area contributed by atoms with Crippen molar-refractivity contribution in [1.29, 1.82) is 0 Å². The predicted molar refractivity (Wildman–Crippen MR) is 181 cm³/mol. The summed E-state index contributed by atoms with van der Waals surface area (Å²) < 4.78 is 21.7. The van der Waals surface area contributed by atoms with Crippen molar-refractivity contribution >= 4 is 33.7 Å². The molecule has 0 spiro atoms. The molecule has 2 aromatic carbocycles. The van der Waals surface area contributed by atoms with E-state index in [1.165, 1.54) is 0 Å². The van der Waals surface area contributed by atoms with Crippen molar-refractivity contribution in [3.63, 3.8) is 0 Å². The zero-order valence-corrected chi connectivity index (χ0v) is 27.8. The number of carbonyl (C=O) groups is 1. The number of carbonyl (C=O) groups excluding carboxylic acids is 1. The van der Waals surface area contributed by atoms with Gasteiger partial charge in [-0.2, -0.15) is 10.1 Å². The molecule has 246 valence electrons. The van der Waals surface area contributed by atoms with E-state index in [1.807, 2.05) is 69.0 Å². The summed E-state index contributed by atoms with van der Waals surface area (Å²) in [5, 5.41) is 5.44. The zero-order valence-electron chi connectivity index (χ0n) is 27.8. The molecule has 2 atom stereocenters. The van der Waals surface area contributed by atoms with Crippen LogP contribution < -0.4 is 9.64 Å². The fourth-order valence-electron chi connectivity index (χ4n) is 6.31. The maximum absolute atomic E-state index is 12.9. The van der Waals surface area contributed by atoms with E-state index in [9.17, 15) is 4.79 Å². The number of piperazine rings is 1. The minimum Gasteiger partial charge on any atom is -0.473 e. The number of esters is 1. The van der Waals surface area contributed by atoms with Crippen LogP contribution >= 0.6 is 0 Å². The van der Waals surface area contributed by atoms with Crippen molar-refractivity contribution in [1.82, 2.24) is 29.2 Å². The molecule has 2 unspecified atom stereocenters. The van der Waals surface area contributed by atoms with Crippen LogP contribution in [0.5, 0.6) is 5.88 Å². The summed E-state index contributed by atoms with van der Waals surface area (Å²) in [6, 6.07) is 18.1. The van der Waals surface area contributed by atoms with Crippen LogP contribution in [-0.2, 0) is 36.2 Å². The zero-order chi connectivity index (χ0) is 32.7. The average molecular weight is 638 g/mol. The highest BCUT2D eigenvalue weighted by molar-refractivity contribution is 5.94. The Labute approximate surface area is 275 Å². The Balaban J connectivity index is 1.03. The van der Waals surface area contributed by atoms with E-state index in [0.717, 1.165) is 71.8 Å². The van der Waals surface area contributed by atoms with Gasteiger partial charge in [-0.3, -0.25) is 9.58 Å². The van der Waals surface area contributed by atoms with E-state index in [4.69, 9.17) is 24.2 Å². The third-order valence-corrected chi connectivity index (χ3v) is 8.98. The van der Waals surface area contributed by atoms with E-state index in [-0.39, 0.29) is 18.1 Å². The summed E-state index contributed by atoms with van der Waals surface area (Å²) in [6.07, 6.45) is 3.05.